The summed E-state index contributed by atoms with van der Waals surface area (Å²) in [5.41, 5.74) is 1.83. The Morgan fingerprint density at radius 3 is 2.38 bits per heavy atom. The first-order chi connectivity index (χ1) is 7.68. The van der Waals surface area contributed by atoms with Crippen molar-refractivity contribution in [1.82, 2.24) is 0 Å². The molecule has 1 N–H and O–H groups in total. The number of aliphatic hydroxyl groups is 1. The molecule has 0 aliphatic carbocycles. The molecule has 0 radical (unpaired) electrons. The number of aliphatic hydroxyl groups excluding tert-OH is 1. The molecule has 86 valence electrons. The van der Waals surface area contributed by atoms with Crippen molar-refractivity contribution in [3.05, 3.63) is 35.4 Å². The highest BCUT2D eigenvalue weighted by Crippen LogP contribution is 2.32. The third-order valence-corrected chi connectivity index (χ3v) is 3.18. The Balaban J connectivity index is 3.01. The second-order valence-electron chi connectivity index (χ2n) is 4.24. The van der Waals surface area contributed by atoms with Crippen LogP contribution in [0.2, 0.25) is 0 Å². The zero-order valence-corrected chi connectivity index (χ0v) is 10.0. The Morgan fingerprint density at radius 1 is 1.31 bits per heavy atom. The molecule has 0 saturated heterocycles. The molecule has 1 aromatic rings. The average molecular weight is 217 g/mol. The second kappa shape index (κ2) is 5.67. The van der Waals surface area contributed by atoms with E-state index in [0.717, 1.165) is 18.4 Å². The maximum atomic E-state index is 9.39. The summed E-state index contributed by atoms with van der Waals surface area (Å²) in [6.45, 7) is 4.22. The molecule has 2 nitrogen and oxygen atoms in total. The van der Waals surface area contributed by atoms with Crippen molar-refractivity contribution in [2.24, 2.45) is 0 Å². The average Bonchev–Trinajstić information content (AvgIpc) is 2.33. The van der Waals surface area contributed by atoms with Crippen LogP contribution in [-0.2, 0) is 5.41 Å². The minimum Gasteiger partial charge on any atom is -0.396 e. The summed E-state index contributed by atoms with van der Waals surface area (Å²) in [5.74, 6) is 0. The number of hydrogen-bond donors (Lipinski definition) is 1. The first-order valence-corrected chi connectivity index (χ1v) is 5.78. The molecule has 0 amide bonds. The van der Waals surface area contributed by atoms with Gasteiger partial charge >= 0.3 is 0 Å². The lowest BCUT2D eigenvalue weighted by Gasteiger charge is -2.25. The van der Waals surface area contributed by atoms with Gasteiger partial charge in [0.2, 0.25) is 0 Å². The first-order valence-electron chi connectivity index (χ1n) is 5.78. The quantitative estimate of drug-likeness (QED) is 0.824. The Labute approximate surface area is 97.5 Å². The van der Waals surface area contributed by atoms with E-state index in [1.165, 1.54) is 5.56 Å². The SMILES string of the molecule is CCC(C#N)(CCCO)c1ccc(C)cc1. The Hall–Kier alpha value is -1.33. The van der Waals surface area contributed by atoms with Crippen LogP contribution in [-0.4, -0.2) is 11.7 Å². The van der Waals surface area contributed by atoms with Crippen LogP contribution >= 0.6 is 0 Å². The molecule has 0 bridgehead atoms. The summed E-state index contributed by atoms with van der Waals surface area (Å²) >= 11 is 0. The van der Waals surface area contributed by atoms with Crippen molar-refractivity contribution in [3.63, 3.8) is 0 Å². The van der Waals surface area contributed by atoms with Crippen molar-refractivity contribution in [3.8, 4) is 6.07 Å². The lowest BCUT2D eigenvalue weighted by Crippen LogP contribution is -2.23. The van der Waals surface area contributed by atoms with Gasteiger partial charge in [-0.1, -0.05) is 36.8 Å². The van der Waals surface area contributed by atoms with Crippen LogP contribution in [0.25, 0.3) is 0 Å². The highest BCUT2D eigenvalue weighted by Gasteiger charge is 2.29. The van der Waals surface area contributed by atoms with Crippen molar-refractivity contribution in [1.29, 1.82) is 5.26 Å². The number of rotatable bonds is 5. The lowest BCUT2D eigenvalue weighted by molar-refractivity contribution is 0.270. The third kappa shape index (κ3) is 2.62. The van der Waals surface area contributed by atoms with Crippen LogP contribution in [0.3, 0.4) is 0 Å². The van der Waals surface area contributed by atoms with Gasteiger partial charge in [0.05, 0.1) is 11.5 Å². The highest BCUT2D eigenvalue weighted by atomic mass is 16.2. The van der Waals surface area contributed by atoms with Gasteiger partial charge in [0.1, 0.15) is 0 Å². The standard InChI is InChI=1S/C14H19NO/c1-3-14(11-15,9-4-10-16)13-7-5-12(2)6-8-13/h5-8,16H,3-4,9-10H2,1-2H3. The van der Waals surface area contributed by atoms with E-state index in [4.69, 9.17) is 5.11 Å². The van der Waals surface area contributed by atoms with Crippen LogP contribution in [0.15, 0.2) is 24.3 Å². The zero-order chi connectivity index (χ0) is 12.0. The molecular weight excluding hydrogens is 198 g/mol. The fraction of sp³-hybridized carbons (Fsp3) is 0.500. The summed E-state index contributed by atoms with van der Waals surface area (Å²) < 4.78 is 0. The van der Waals surface area contributed by atoms with E-state index >= 15 is 0 Å². The third-order valence-electron chi connectivity index (χ3n) is 3.18. The van der Waals surface area contributed by atoms with E-state index in [-0.39, 0.29) is 6.61 Å². The summed E-state index contributed by atoms with van der Waals surface area (Å²) in [4.78, 5) is 0. The van der Waals surface area contributed by atoms with Gasteiger partial charge in [-0.2, -0.15) is 5.26 Å². The van der Waals surface area contributed by atoms with E-state index < -0.39 is 5.41 Å². The molecule has 1 unspecified atom stereocenters. The van der Waals surface area contributed by atoms with E-state index in [0.29, 0.717) is 6.42 Å². The molecule has 0 heterocycles. The van der Waals surface area contributed by atoms with Crippen molar-refractivity contribution in [2.75, 3.05) is 6.61 Å². The number of nitriles is 1. The van der Waals surface area contributed by atoms with Crippen LogP contribution < -0.4 is 0 Å². The zero-order valence-electron chi connectivity index (χ0n) is 10.0. The largest absolute Gasteiger partial charge is 0.396 e. The number of benzene rings is 1. The Morgan fingerprint density at radius 2 is 1.94 bits per heavy atom. The molecule has 0 aliphatic heterocycles. The van der Waals surface area contributed by atoms with Gasteiger partial charge in [-0.25, -0.2) is 0 Å². The summed E-state index contributed by atoms with van der Waals surface area (Å²) in [6, 6.07) is 10.6. The Kier molecular flexibility index (Phi) is 4.52. The molecule has 0 saturated carbocycles. The first kappa shape index (κ1) is 12.7. The molecule has 16 heavy (non-hydrogen) atoms. The maximum absolute atomic E-state index is 9.39. The molecular formula is C14H19NO. The summed E-state index contributed by atoms with van der Waals surface area (Å²) in [7, 11) is 0. The van der Waals surface area contributed by atoms with Gasteiger partial charge in [-0.3, -0.25) is 0 Å². The van der Waals surface area contributed by atoms with Crippen LogP contribution in [0, 0.1) is 18.3 Å². The molecule has 1 atom stereocenters. The second-order valence-corrected chi connectivity index (χ2v) is 4.24. The van der Waals surface area contributed by atoms with Gasteiger partial charge < -0.3 is 5.11 Å². The Bertz CT molecular complexity index is 363. The predicted octanol–water partition coefficient (Wildman–Crippen LogP) is 2.94. The normalized spacial score (nSPS) is 14.1. The maximum Gasteiger partial charge on any atom is 0.0820 e. The molecule has 0 fully saturated rings. The molecule has 0 spiro atoms. The van der Waals surface area contributed by atoms with Crippen molar-refractivity contribution in [2.45, 2.75) is 38.5 Å². The van der Waals surface area contributed by atoms with E-state index in [9.17, 15) is 5.26 Å². The van der Waals surface area contributed by atoms with Gasteiger partial charge in [0, 0.05) is 6.61 Å². The number of aryl methyl sites for hydroxylation is 1. The highest BCUT2D eigenvalue weighted by molar-refractivity contribution is 5.34. The van der Waals surface area contributed by atoms with Gasteiger partial charge in [0.25, 0.3) is 0 Å². The van der Waals surface area contributed by atoms with E-state index in [1.807, 2.05) is 38.1 Å². The molecule has 0 aliphatic rings. The fourth-order valence-corrected chi connectivity index (χ4v) is 1.98. The smallest absolute Gasteiger partial charge is 0.0820 e. The number of hydrogen-bond acceptors (Lipinski definition) is 2. The van der Waals surface area contributed by atoms with Gasteiger partial charge in [0.15, 0.2) is 0 Å². The van der Waals surface area contributed by atoms with Gasteiger partial charge in [-0.05, 0) is 31.7 Å². The van der Waals surface area contributed by atoms with Crippen LogP contribution in [0.1, 0.15) is 37.3 Å². The fourth-order valence-electron chi connectivity index (χ4n) is 1.98. The van der Waals surface area contributed by atoms with Gasteiger partial charge in [-0.15, -0.1) is 0 Å². The topological polar surface area (TPSA) is 44.0 Å². The van der Waals surface area contributed by atoms with Crippen molar-refractivity contribution < 1.29 is 5.11 Å². The summed E-state index contributed by atoms with van der Waals surface area (Å²) in [6.07, 6.45) is 2.18. The molecule has 0 aromatic heterocycles. The molecule has 1 rings (SSSR count). The predicted molar refractivity (Wildman–Crippen MR) is 65.1 cm³/mol. The molecule has 1 aromatic carbocycles. The van der Waals surface area contributed by atoms with Crippen LogP contribution in [0.4, 0.5) is 0 Å². The minimum atomic E-state index is -0.434. The monoisotopic (exact) mass is 217 g/mol. The van der Waals surface area contributed by atoms with Crippen LogP contribution in [0.5, 0.6) is 0 Å². The minimum absolute atomic E-state index is 0.148. The van der Waals surface area contributed by atoms with E-state index in [2.05, 4.69) is 6.07 Å². The lowest BCUT2D eigenvalue weighted by atomic mass is 9.76. The number of nitrogens with zero attached hydrogens (tertiary/aromatic N) is 1. The van der Waals surface area contributed by atoms with E-state index in [1.54, 1.807) is 0 Å². The molecule has 2 heteroatoms. The summed E-state index contributed by atoms with van der Waals surface area (Å²) in [5, 5.41) is 18.3. The van der Waals surface area contributed by atoms with Crippen molar-refractivity contribution >= 4 is 0 Å².